The lowest BCUT2D eigenvalue weighted by molar-refractivity contribution is -0.384. The second kappa shape index (κ2) is 5.57. The molecule has 0 radical (unpaired) electrons. The lowest BCUT2D eigenvalue weighted by atomic mass is 10.1. The monoisotopic (exact) mass is 293 g/mol. The van der Waals surface area contributed by atoms with Crippen molar-refractivity contribution in [2.75, 3.05) is 25.1 Å². The van der Waals surface area contributed by atoms with Crippen LogP contribution in [0.2, 0.25) is 0 Å². The van der Waals surface area contributed by atoms with Gasteiger partial charge in [0.2, 0.25) is 11.8 Å². The van der Waals surface area contributed by atoms with E-state index in [0.29, 0.717) is 0 Å². The number of nitrogens with one attached hydrogen (secondary N) is 1. The number of nitrogens with zero attached hydrogens (tertiary/aromatic N) is 2. The van der Waals surface area contributed by atoms with Gasteiger partial charge in [-0.3, -0.25) is 25.0 Å². The minimum atomic E-state index is -0.668. The highest BCUT2D eigenvalue weighted by atomic mass is 16.6. The van der Waals surface area contributed by atoms with Crippen LogP contribution in [0.15, 0.2) is 18.2 Å². The fourth-order valence-electron chi connectivity index (χ4n) is 1.98. The first-order chi connectivity index (χ1) is 9.92. The van der Waals surface area contributed by atoms with E-state index in [4.69, 9.17) is 0 Å². The van der Waals surface area contributed by atoms with Crippen molar-refractivity contribution in [3.63, 3.8) is 0 Å². The van der Waals surface area contributed by atoms with Gasteiger partial charge >= 0.3 is 5.97 Å². The molecule has 0 atom stereocenters. The summed E-state index contributed by atoms with van der Waals surface area (Å²) >= 11 is 0. The van der Waals surface area contributed by atoms with Crippen LogP contribution in [0.25, 0.3) is 0 Å². The number of benzene rings is 1. The third-order valence-electron chi connectivity index (χ3n) is 2.88. The number of nitro benzene ring substituents is 1. The summed E-state index contributed by atoms with van der Waals surface area (Å²) in [5, 5.41) is 13.2. The van der Waals surface area contributed by atoms with Gasteiger partial charge in [0.05, 0.1) is 30.7 Å². The Hall–Kier alpha value is -2.97. The number of ether oxygens (including phenoxy) is 1. The van der Waals surface area contributed by atoms with Crippen molar-refractivity contribution < 1.29 is 24.0 Å². The van der Waals surface area contributed by atoms with Crippen LogP contribution >= 0.6 is 0 Å². The predicted molar refractivity (Wildman–Crippen MR) is 69.8 cm³/mol. The van der Waals surface area contributed by atoms with Gasteiger partial charge in [0.25, 0.3) is 5.69 Å². The van der Waals surface area contributed by atoms with Crippen LogP contribution in [0.1, 0.15) is 10.4 Å². The van der Waals surface area contributed by atoms with Gasteiger partial charge < -0.3 is 9.64 Å². The number of hydrogen-bond donors (Lipinski definition) is 1. The molecule has 110 valence electrons. The number of rotatable bonds is 3. The molecule has 2 rings (SSSR count). The number of carbonyl (C=O) groups is 3. The molecule has 0 saturated carbocycles. The van der Waals surface area contributed by atoms with E-state index >= 15 is 0 Å². The quantitative estimate of drug-likeness (QED) is 0.356. The topological polar surface area (TPSA) is 119 Å². The van der Waals surface area contributed by atoms with Crippen molar-refractivity contribution in [3.8, 4) is 0 Å². The molecule has 1 aromatic carbocycles. The summed E-state index contributed by atoms with van der Waals surface area (Å²) in [6.45, 7) is -0.422. The molecule has 1 aliphatic rings. The predicted octanol–water partition coefficient (Wildman–Crippen LogP) is -0.156. The van der Waals surface area contributed by atoms with E-state index < -0.39 is 22.7 Å². The first-order valence-corrected chi connectivity index (χ1v) is 5.86. The molecule has 21 heavy (non-hydrogen) atoms. The Morgan fingerprint density at radius 1 is 1.33 bits per heavy atom. The molecule has 1 aliphatic heterocycles. The Morgan fingerprint density at radius 2 is 1.95 bits per heavy atom. The smallest absolute Gasteiger partial charge is 0.337 e. The molecular formula is C12H11N3O6. The van der Waals surface area contributed by atoms with Gasteiger partial charge in [-0.25, -0.2) is 4.79 Å². The van der Waals surface area contributed by atoms with Crippen LogP contribution in [0.4, 0.5) is 11.4 Å². The van der Waals surface area contributed by atoms with Crippen molar-refractivity contribution in [1.82, 2.24) is 5.32 Å². The fraction of sp³-hybridized carbons (Fsp3) is 0.250. The number of carbonyl (C=O) groups excluding carboxylic acids is 3. The fourth-order valence-corrected chi connectivity index (χ4v) is 1.98. The number of anilines is 1. The number of amides is 2. The van der Waals surface area contributed by atoms with Crippen molar-refractivity contribution >= 4 is 29.2 Å². The summed E-state index contributed by atoms with van der Waals surface area (Å²) in [4.78, 5) is 45.9. The van der Waals surface area contributed by atoms with Crippen LogP contribution in [0.3, 0.4) is 0 Å². The standard InChI is InChI=1S/C12H11N3O6/c1-21-12(18)7-2-3-8(15(19)20)9(4-7)14-5-10(16)13-11(17)6-14/h2-4H,5-6H2,1H3,(H,13,16,17). The van der Waals surface area contributed by atoms with Crippen LogP contribution in [-0.4, -0.2) is 42.9 Å². The SMILES string of the molecule is COC(=O)c1ccc([N+](=O)[O-])c(N2CC(=O)NC(=O)C2)c1. The molecule has 1 N–H and O–H groups in total. The van der Waals surface area contributed by atoms with E-state index in [1.165, 1.54) is 24.1 Å². The molecule has 1 aromatic rings. The number of esters is 1. The van der Waals surface area contributed by atoms with E-state index in [0.717, 1.165) is 6.07 Å². The van der Waals surface area contributed by atoms with Gasteiger partial charge in [-0.1, -0.05) is 0 Å². The van der Waals surface area contributed by atoms with E-state index in [2.05, 4.69) is 10.1 Å². The van der Waals surface area contributed by atoms with Gasteiger partial charge in [0.1, 0.15) is 5.69 Å². The second-order valence-electron chi connectivity index (χ2n) is 4.28. The summed E-state index contributed by atoms with van der Waals surface area (Å²) < 4.78 is 4.55. The molecule has 1 fully saturated rings. The highest BCUT2D eigenvalue weighted by Gasteiger charge is 2.28. The van der Waals surface area contributed by atoms with Gasteiger partial charge in [-0.2, -0.15) is 0 Å². The highest BCUT2D eigenvalue weighted by molar-refractivity contribution is 6.03. The molecule has 0 aliphatic carbocycles. The Labute approximate surface area is 118 Å². The maximum absolute atomic E-state index is 11.5. The van der Waals surface area contributed by atoms with Gasteiger partial charge in [0, 0.05) is 6.07 Å². The van der Waals surface area contributed by atoms with Crippen molar-refractivity contribution in [3.05, 3.63) is 33.9 Å². The zero-order chi connectivity index (χ0) is 15.6. The van der Waals surface area contributed by atoms with Gasteiger partial charge in [0.15, 0.2) is 0 Å². The average molecular weight is 293 g/mol. The van der Waals surface area contributed by atoms with Crippen molar-refractivity contribution in [2.24, 2.45) is 0 Å². The van der Waals surface area contributed by atoms with Crippen LogP contribution in [0, 0.1) is 10.1 Å². The molecule has 1 saturated heterocycles. The summed E-state index contributed by atoms with van der Waals surface area (Å²) in [7, 11) is 1.18. The molecule has 0 spiro atoms. The third-order valence-corrected chi connectivity index (χ3v) is 2.88. The van der Waals surface area contributed by atoms with Gasteiger partial charge in [-0.15, -0.1) is 0 Å². The Balaban J connectivity index is 2.47. The lowest BCUT2D eigenvalue weighted by Crippen LogP contribution is -2.51. The summed E-state index contributed by atoms with van der Waals surface area (Å²) in [6.07, 6.45) is 0. The Kier molecular flexibility index (Phi) is 3.83. The summed E-state index contributed by atoms with van der Waals surface area (Å²) in [5.74, 6) is -1.80. The molecule has 9 nitrogen and oxygen atoms in total. The zero-order valence-corrected chi connectivity index (χ0v) is 11.0. The Bertz CT molecular complexity index is 626. The van der Waals surface area contributed by atoms with Crippen molar-refractivity contribution in [2.45, 2.75) is 0 Å². The van der Waals surface area contributed by atoms with E-state index in [-0.39, 0.29) is 30.0 Å². The van der Waals surface area contributed by atoms with E-state index in [9.17, 15) is 24.5 Å². The number of nitro groups is 1. The molecule has 1 heterocycles. The molecule has 0 unspecified atom stereocenters. The lowest BCUT2D eigenvalue weighted by Gasteiger charge is -2.27. The molecule has 9 heteroatoms. The first-order valence-electron chi connectivity index (χ1n) is 5.86. The average Bonchev–Trinajstić information content (AvgIpc) is 2.44. The van der Waals surface area contributed by atoms with E-state index in [1.807, 2.05) is 0 Å². The summed E-state index contributed by atoms with van der Waals surface area (Å²) in [6, 6.07) is 3.62. The van der Waals surface area contributed by atoms with Crippen LogP contribution in [0.5, 0.6) is 0 Å². The third kappa shape index (κ3) is 2.96. The van der Waals surface area contributed by atoms with E-state index in [1.54, 1.807) is 0 Å². The number of hydrogen-bond acceptors (Lipinski definition) is 7. The van der Waals surface area contributed by atoms with Crippen LogP contribution < -0.4 is 10.2 Å². The minimum absolute atomic E-state index is 0.0195. The van der Waals surface area contributed by atoms with Crippen LogP contribution in [-0.2, 0) is 14.3 Å². The molecule has 0 bridgehead atoms. The largest absolute Gasteiger partial charge is 0.465 e. The molecule has 0 aromatic heterocycles. The minimum Gasteiger partial charge on any atom is -0.465 e. The maximum atomic E-state index is 11.5. The van der Waals surface area contributed by atoms with Gasteiger partial charge in [-0.05, 0) is 12.1 Å². The maximum Gasteiger partial charge on any atom is 0.337 e. The second-order valence-corrected chi connectivity index (χ2v) is 4.28. The summed E-state index contributed by atoms with van der Waals surface area (Å²) in [5.41, 5.74) is -0.187. The first kappa shape index (κ1) is 14.4. The highest BCUT2D eigenvalue weighted by Crippen LogP contribution is 2.30. The molecular weight excluding hydrogens is 282 g/mol. The van der Waals surface area contributed by atoms with Crippen molar-refractivity contribution in [1.29, 1.82) is 0 Å². The Morgan fingerprint density at radius 3 is 2.48 bits per heavy atom. The number of piperazine rings is 1. The zero-order valence-electron chi connectivity index (χ0n) is 11.0. The number of methoxy groups -OCH3 is 1. The number of imide groups is 1. The molecule has 2 amide bonds. The normalized spacial score (nSPS) is 14.6.